The third-order valence-corrected chi connectivity index (χ3v) is 3.84. The minimum absolute atomic E-state index is 0.250. The van der Waals surface area contributed by atoms with E-state index in [9.17, 15) is 4.79 Å². The van der Waals surface area contributed by atoms with Crippen molar-refractivity contribution in [2.75, 3.05) is 6.54 Å². The van der Waals surface area contributed by atoms with Crippen LogP contribution < -0.4 is 5.32 Å². The van der Waals surface area contributed by atoms with Gasteiger partial charge in [0.1, 0.15) is 0 Å². The fourth-order valence-electron chi connectivity index (χ4n) is 1.75. The van der Waals surface area contributed by atoms with Crippen molar-refractivity contribution < 1.29 is 9.90 Å². The number of carboxylic acid groups (broad SMARTS) is 1. The van der Waals surface area contributed by atoms with Crippen LogP contribution in [0.4, 0.5) is 0 Å². The topological polar surface area (TPSA) is 49.3 Å². The van der Waals surface area contributed by atoms with Gasteiger partial charge in [0.2, 0.25) is 0 Å². The van der Waals surface area contributed by atoms with Crippen molar-refractivity contribution in [1.82, 2.24) is 5.32 Å². The summed E-state index contributed by atoms with van der Waals surface area (Å²) in [7, 11) is 0. The Hall–Kier alpha value is -0.580. The van der Waals surface area contributed by atoms with Crippen LogP contribution in [0.15, 0.2) is 22.7 Å². The van der Waals surface area contributed by atoms with Crippen LogP contribution in [0.3, 0.4) is 0 Å². The Bertz CT molecular complexity index is 426. The molecule has 0 aliphatic rings. The Labute approximate surface area is 127 Å². The standard InChI is InChI=1S/C14H19BrClNO2/c1-10(2-5-14(18)19)6-7-17-9-11-3-4-12(15)8-13(11)16/h3-4,8,10,17H,2,5-7,9H2,1H3,(H,18,19). The van der Waals surface area contributed by atoms with Crippen LogP contribution in [0.25, 0.3) is 0 Å². The number of halogens is 2. The lowest BCUT2D eigenvalue weighted by Gasteiger charge is -2.11. The van der Waals surface area contributed by atoms with Gasteiger partial charge < -0.3 is 10.4 Å². The maximum absolute atomic E-state index is 10.4. The third kappa shape index (κ3) is 6.95. The van der Waals surface area contributed by atoms with Crippen LogP contribution >= 0.6 is 27.5 Å². The van der Waals surface area contributed by atoms with Crippen molar-refractivity contribution >= 4 is 33.5 Å². The van der Waals surface area contributed by atoms with E-state index in [1.54, 1.807) is 0 Å². The van der Waals surface area contributed by atoms with Crippen molar-refractivity contribution in [1.29, 1.82) is 0 Å². The van der Waals surface area contributed by atoms with Gasteiger partial charge in [0.25, 0.3) is 0 Å². The van der Waals surface area contributed by atoms with Gasteiger partial charge in [-0.3, -0.25) is 4.79 Å². The van der Waals surface area contributed by atoms with E-state index in [2.05, 4.69) is 28.2 Å². The zero-order chi connectivity index (χ0) is 14.3. The highest BCUT2D eigenvalue weighted by molar-refractivity contribution is 9.10. The van der Waals surface area contributed by atoms with Crippen molar-refractivity contribution in [2.24, 2.45) is 5.92 Å². The van der Waals surface area contributed by atoms with E-state index in [0.29, 0.717) is 5.92 Å². The molecule has 3 nitrogen and oxygen atoms in total. The zero-order valence-corrected chi connectivity index (χ0v) is 13.3. The van der Waals surface area contributed by atoms with E-state index in [1.807, 2.05) is 18.2 Å². The summed E-state index contributed by atoms with van der Waals surface area (Å²) < 4.78 is 0.976. The second-order valence-corrected chi connectivity index (χ2v) is 6.06. The highest BCUT2D eigenvalue weighted by Gasteiger charge is 2.05. The van der Waals surface area contributed by atoms with Crippen LogP contribution in [-0.4, -0.2) is 17.6 Å². The van der Waals surface area contributed by atoms with Gasteiger partial charge in [-0.25, -0.2) is 0 Å². The Morgan fingerprint density at radius 3 is 2.84 bits per heavy atom. The monoisotopic (exact) mass is 347 g/mol. The first-order valence-corrected chi connectivity index (χ1v) is 7.52. The molecule has 1 atom stereocenters. The molecule has 0 aliphatic heterocycles. The molecule has 0 saturated heterocycles. The van der Waals surface area contributed by atoms with Gasteiger partial charge in [0.05, 0.1) is 0 Å². The number of hydrogen-bond acceptors (Lipinski definition) is 2. The number of nitrogens with one attached hydrogen (secondary N) is 1. The van der Waals surface area contributed by atoms with Gasteiger partial charge in [-0.15, -0.1) is 0 Å². The summed E-state index contributed by atoms with van der Waals surface area (Å²) in [6.07, 6.45) is 1.96. The summed E-state index contributed by atoms with van der Waals surface area (Å²) in [5.41, 5.74) is 1.07. The quantitative estimate of drug-likeness (QED) is 0.696. The molecule has 106 valence electrons. The molecular weight excluding hydrogens is 330 g/mol. The minimum atomic E-state index is -0.721. The maximum atomic E-state index is 10.4. The van der Waals surface area contributed by atoms with E-state index >= 15 is 0 Å². The number of hydrogen-bond donors (Lipinski definition) is 2. The molecule has 0 spiro atoms. The predicted molar refractivity (Wildman–Crippen MR) is 81.5 cm³/mol. The lowest BCUT2D eigenvalue weighted by Crippen LogP contribution is -2.17. The zero-order valence-electron chi connectivity index (χ0n) is 11.0. The molecular formula is C14H19BrClNO2. The van der Waals surface area contributed by atoms with Crippen LogP contribution in [0, 0.1) is 5.92 Å². The fraction of sp³-hybridized carbons (Fsp3) is 0.500. The highest BCUT2D eigenvalue weighted by atomic mass is 79.9. The van der Waals surface area contributed by atoms with Crippen LogP contribution in [0.2, 0.25) is 5.02 Å². The summed E-state index contributed by atoms with van der Waals surface area (Å²) in [5.74, 6) is -0.301. The molecule has 1 aromatic rings. The minimum Gasteiger partial charge on any atom is -0.481 e. The Balaban J connectivity index is 2.21. The average Bonchev–Trinajstić information content (AvgIpc) is 2.34. The molecule has 0 aliphatic carbocycles. The summed E-state index contributed by atoms with van der Waals surface area (Å²) >= 11 is 9.49. The molecule has 19 heavy (non-hydrogen) atoms. The van der Waals surface area contributed by atoms with Crippen molar-refractivity contribution in [2.45, 2.75) is 32.7 Å². The second-order valence-electron chi connectivity index (χ2n) is 4.74. The van der Waals surface area contributed by atoms with Crippen LogP contribution in [0.5, 0.6) is 0 Å². The molecule has 0 fully saturated rings. The number of carboxylic acids is 1. The largest absolute Gasteiger partial charge is 0.481 e. The fourth-order valence-corrected chi connectivity index (χ4v) is 2.49. The van der Waals surface area contributed by atoms with Gasteiger partial charge in [0.15, 0.2) is 0 Å². The summed E-state index contributed by atoms with van der Waals surface area (Å²) in [5, 5.41) is 12.7. The molecule has 0 bridgehead atoms. The maximum Gasteiger partial charge on any atom is 0.303 e. The molecule has 0 aromatic heterocycles. The van der Waals surface area contributed by atoms with Crippen LogP contribution in [0.1, 0.15) is 31.7 Å². The number of carbonyl (C=O) groups is 1. The van der Waals surface area contributed by atoms with E-state index in [4.69, 9.17) is 16.7 Å². The molecule has 0 radical (unpaired) electrons. The highest BCUT2D eigenvalue weighted by Crippen LogP contribution is 2.21. The third-order valence-electron chi connectivity index (χ3n) is 3.00. The van der Waals surface area contributed by atoms with Crippen molar-refractivity contribution in [3.8, 4) is 0 Å². The van der Waals surface area contributed by atoms with Crippen molar-refractivity contribution in [3.05, 3.63) is 33.3 Å². The molecule has 0 amide bonds. The normalized spacial score (nSPS) is 12.4. The predicted octanol–water partition coefficient (Wildman–Crippen LogP) is 4.08. The van der Waals surface area contributed by atoms with Gasteiger partial charge in [0, 0.05) is 22.5 Å². The smallest absolute Gasteiger partial charge is 0.303 e. The first kappa shape index (κ1) is 16.5. The summed E-state index contributed by atoms with van der Waals surface area (Å²) in [6.45, 7) is 3.68. The van der Waals surface area contributed by atoms with E-state index in [0.717, 1.165) is 41.0 Å². The Kier molecular flexibility index (Phi) is 7.42. The van der Waals surface area contributed by atoms with Gasteiger partial charge >= 0.3 is 5.97 Å². The van der Waals surface area contributed by atoms with E-state index in [-0.39, 0.29) is 6.42 Å². The number of aliphatic carboxylic acids is 1. The molecule has 5 heteroatoms. The van der Waals surface area contributed by atoms with E-state index in [1.165, 1.54) is 0 Å². The lowest BCUT2D eigenvalue weighted by atomic mass is 10.0. The number of benzene rings is 1. The van der Waals surface area contributed by atoms with E-state index < -0.39 is 5.97 Å². The first-order valence-electron chi connectivity index (χ1n) is 6.35. The molecule has 0 saturated carbocycles. The van der Waals surface area contributed by atoms with Gasteiger partial charge in [-0.05, 0) is 43.0 Å². The van der Waals surface area contributed by atoms with Gasteiger partial charge in [-0.2, -0.15) is 0 Å². The Morgan fingerprint density at radius 1 is 1.47 bits per heavy atom. The molecule has 1 unspecified atom stereocenters. The second kappa shape index (κ2) is 8.56. The molecule has 2 N–H and O–H groups in total. The first-order chi connectivity index (χ1) is 8.99. The molecule has 1 aromatic carbocycles. The molecule has 0 heterocycles. The average molecular weight is 349 g/mol. The summed E-state index contributed by atoms with van der Waals surface area (Å²) in [4.78, 5) is 10.4. The lowest BCUT2D eigenvalue weighted by molar-refractivity contribution is -0.137. The van der Waals surface area contributed by atoms with Crippen molar-refractivity contribution in [3.63, 3.8) is 0 Å². The van der Waals surface area contributed by atoms with Crippen LogP contribution in [-0.2, 0) is 11.3 Å². The SMILES string of the molecule is CC(CCNCc1ccc(Br)cc1Cl)CCC(=O)O. The number of rotatable bonds is 8. The Morgan fingerprint density at radius 2 is 2.21 bits per heavy atom. The molecule has 1 rings (SSSR count). The van der Waals surface area contributed by atoms with Gasteiger partial charge in [-0.1, -0.05) is 40.5 Å². The summed E-state index contributed by atoms with van der Waals surface area (Å²) in [6, 6.07) is 5.85.